The van der Waals surface area contributed by atoms with Gasteiger partial charge in [-0.05, 0) is 24.5 Å². The number of urea groups is 1. The Labute approximate surface area is 123 Å². The lowest BCUT2D eigenvalue weighted by Crippen LogP contribution is -2.46. The Morgan fingerprint density at radius 1 is 1.40 bits per heavy atom. The molecule has 0 aliphatic rings. The van der Waals surface area contributed by atoms with Gasteiger partial charge in [0.25, 0.3) is 0 Å². The van der Waals surface area contributed by atoms with Gasteiger partial charge in [0.2, 0.25) is 0 Å². The van der Waals surface area contributed by atoms with Gasteiger partial charge in [0, 0.05) is 0 Å². The largest absolute Gasteiger partial charge is 0.480 e. The topological polar surface area (TPSA) is 78.4 Å². The number of aliphatic carboxylic acids is 1. The molecular formula is C14H19ClN2O3. The molecular weight excluding hydrogens is 280 g/mol. The van der Waals surface area contributed by atoms with Gasteiger partial charge in [-0.2, -0.15) is 0 Å². The highest BCUT2D eigenvalue weighted by molar-refractivity contribution is 6.33. The van der Waals surface area contributed by atoms with Crippen LogP contribution in [0.2, 0.25) is 5.02 Å². The number of rotatable bonds is 5. The van der Waals surface area contributed by atoms with Crippen LogP contribution in [0.4, 0.5) is 10.5 Å². The van der Waals surface area contributed by atoms with Crippen LogP contribution in [0.5, 0.6) is 0 Å². The average Bonchev–Trinajstić information content (AvgIpc) is 2.39. The fourth-order valence-electron chi connectivity index (χ4n) is 1.76. The van der Waals surface area contributed by atoms with Crippen molar-refractivity contribution in [3.8, 4) is 0 Å². The molecule has 0 aliphatic heterocycles. The van der Waals surface area contributed by atoms with E-state index in [1.165, 1.54) is 0 Å². The SMILES string of the molecule is CC[C@H](C)[C@H](NC(=O)Nc1c(C)cccc1Cl)C(=O)O. The Kier molecular flexibility index (Phi) is 5.82. The maximum absolute atomic E-state index is 11.9. The van der Waals surface area contributed by atoms with Crippen molar-refractivity contribution in [2.45, 2.75) is 33.2 Å². The second-order valence-electron chi connectivity index (χ2n) is 4.73. The van der Waals surface area contributed by atoms with Crippen molar-refractivity contribution in [1.29, 1.82) is 0 Å². The van der Waals surface area contributed by atoms with Gasteiger partial charge in [-0.25, -0.2) is 9.59 Å². The molecule has 0 saturated heterocycles. The van der Waals surface area contributed by atoms with E-state index in [1.807, 2.05) is 19.9 Å². The van der Waals surface area contributed by atoms with Gasteiger partial charge in [0.05, 0.1) is 10.7 Å². The third-order valence-corrected chi connectivity index (χ3v) is 3.54. The number of hydrogen-bond acceptors (Lipinski definition) is 2. The number of nitrogens with one attached hydrogen (secondary N) is 2. The minimum absolute atomic E-state index is 0.161. The number of carboxylic acid groups (broad SMARTS) is 1. The molecule has 1 aromatic carbocycles. The summed E-state index contributed by atoms with van der Waals surface area (Å²) in [6.07, 6.45) is 0.655. The van der Waals surface area contributed by atoms with E-state index in [0.29, 0.717) is 17.1 Å². The molecule has 110 valence electrons. The second-order valence-corrected chi connectivity index (χ2v) is 5.14. The van der Waals surface area contributed by atoms with Gasteiger partial charge in [0.15, 0.2) is 0 Å². The van der Waals surface area contributed by atoms with Crippen LogP contribution in [0.1, 0.15) is 25.8 Å². The first-order chi connectivity index (χ1) is 9.36. The predicted molar refractivity (Wildman–Crippen MR) is 79.2 cm³/mol. The van der Waals surface area contributed by atoms with Gasteiger partial charge >= 0.3 is 12.0 Å². The molecule has 0 unspecified atom stereocenters. The maximum atomic E-state index is 11.9. The summed E-state index contributed by atoms with van der Waals surface area (Å²) in [7, 11) is 0. The number of aryl methyl sites for hydroxylation is 1. The van der Waals surface area contributed by atoms with Crippen molar-refractivity contribution in [2.75, 3.05) is 5.32 Å². The minimum atomic E-state index is -1.05. The lowest BCUT2D eigenvalue weighted by atomic mass is 9.99. The first-order valence-corrected chi connectivity index (χ1v) is 6.80. The molecule has 5 nitrogen and oxygen atoms in total. The van der Waals surface area contributed by atoms with E-state index in [1.54, 1.807) is 19.1 Å². The van der Waals surface area contributed by atoms with E-state index in [4.69, 9.17) is 16.7 Å². The van der Waals surface area contributed by atoms with Crippen molar-refractivity contribution in [2.24, 2.45) is 5.92 Å². The van der Waals surface area contributed by atoms with Crippen LogP contribution in [0.25, 0.3) is 0 Å². The van der Waals surface area contributed by atoms with E-state index in [9.17, 15) is 9.59 Å². The molecule has 0 aliphatic carbocycles. The number of para-hydroxylation sites is 1. The Hall–Kier alpha value is -1.75. The highest BCUT2D eigenvalue weighted by Crippen LogP contribution is 2.25. The van der Waals surface area contributed by atoms with Crippen molar-refractivity contribution < 1.29 is 14.7 Å². The molecule has 0 bridgehead atoms. The number of benzene rings is 1. The zero-order chi connectivity index (χ0) is 15.3. The summed E-state index contributed by atoms with van der Waals surface area (Å²) < 4.78 is 0. The van der Waals surface area contributed by atoms with Crippen LogP contribution in [0.3, 0.4) is 0 Å². The number of anilines is 1. The van der Waals surface area contributed by atoms with Crippen LogP contribution in [-0.4, -0.2) is 23.1 Å². The van der Waals surface area contributed by atoms with Crippen LogP contribution < -0.4 is 10.6 Å². The van der Waals surface area contributed by atoms with Crippen LogP contribution >= 0.6 is 11.6 Å². The normalized spacial score (nSPS) is 13.4. The molecule has 0 saturated carbocycles. The standard InChI is InChI=1S/C14H19ClN2O3/c1-4-8(2)12(13(18)19)17-14(20)16-11-9(3)6-5-7-10(11)15/h5-8,12H,4H2,1-3H3,(H,18,19)(H2,16,17,20)/t8-,12-/m0/s1. The summed E-state index contributed by atoms with van der Waals surface area (Å²) in [6.45, 7) is 5.46. The Balaban J connectivity index is 2.79. The summed E-state index contributed by atoms with van der Waals surface area (Å²) in [5, 5.41) is 14.6. The van der Waals surface area contributed by atoms with Crippen LogP contribution in [0.15, 0.2) is 18.2 Å². The Bertz CT molecular complexity index is 485. The van der Waals surface area contributed by atoms with Gasteiger partial charge in [0.1, 0.15) is 6.04 Å². The molecule has 0 heterocycles. The zero-order valence-electron chi connectivity index (χ0n) is 11.7. The second kappa shape index (κ2) is 7.14. The molecule has 0 spiro atoms. The van der Waals surface area contributed by atoms with Gasteiger partial charge < -0.3 is 15.7 Å². The molecule has 2 amide bonds. The third kappa shape index (κ3) is 4.13. The first kappa shape index (κ1) is 16.3. The van der Waals surface area contributed by atoms with Crippen LogP contribution in [-0.2, 0) is 4.79 Å². The van der Waals surface area contributed by atoms with Crippen molar-refractivity contribution in [3.63, 3.8) is 0 Å². The molecule has 2 atom stereocenters. The summed E-state index contributed by atoms with van der Waals surface area (Å²) in [5.41, 5.74) is 1.29. The van der Waals surface area contributed by atoms with E-state index in [-0.39, 0.29) is 5.92 Å². The van der Waals surface area contributed by atoms with E-state index in [2.05, 4.69) is 10.6 Å². The van der Waals surface area contributed by atoms with Gasteiger partial charge in [-0.1, -0.05) is 44.0 Å². The Morgan fingerprint density at radius 2 is 2.05 bits per heavy atom. The van der Waals surface area contributed by atoms with Crippen molar-refractivity contribution in [1.82, 2.24) is 5.32 Å². The number of halogens is 1. The van der Waals surface area contributed by atoms with E-state index in [0.717, 1.165) is 5.56 Å². The smallest absolute Gasteiger partial charge is 0.326 e. The van der Waals surface area contributed by atoms with Crippen molar-refractivity contribution in [3.05, 3.63) is 28.8 Å². The number of carboxylic acids is 1. The third-order valence-electron chi connectivity index (χ3n) is 3.23. The molecule has 0 radical (unpaired) electrons. The number of amides is 2. The first-order valence-electron chi connectivity index (χ1n) is 6.42. The highest BCUT2D eigenvalue weighted by Gasteiger charge is 2.25. The summed E-state index contributed by atoms with van der Waals surface area (Å²) in [6, 6.07) is 3.75. The minimum Gasteiger partial charge on any atom is -0.480 e. The lowest BCUT2D eigenvalue weighted by molar-refractivity contribution is -0.140. The molecule has 20 heavy (non-hydrogen) atoms. The van der Waals surface area contributed by atoms with Gasteiger partial charge in [-0.15, -0.1) is 0 Å². The quantitative estimate of drug-likeness (QED) is 0.780. The average molecular weight is 299 g/mol. The fraction of sp³-hybridized carbons (Fsp3) is 0.429. The number of hydrogen-bond donors (Lipinski definition) is 3. The number of carbonyl (C=O) groups is 2. The van der Waals surface area contributed by atoms with E-state index >= 15 is 0 Å². The highest BCUT2D eigenvalue weighted by atomic mass is 35.5. The lowest BCUT2D eigenvalue weighted by Gasteiger charge is -2.21. The number of carbonyl (C=O) groups excluding carboxylic acids is 1. The zero-order valence-corrected chi connectivity index (χ0v) is 12.5. The molecule has 0 fully saturated rings. The molecule has 3 N–H and O–H groups in total. The summed E-state index contributed by atoms with van der Waals surface area (Å²) in [4.78, 5) is 23.1. The van der Waals surface area contributed by atoms with Crippen LogP contribution in [0, 0.1) is 12.8 Å². The van der Waals surface area contributed by atoms with Crippen molar-refractivity contribution >= 4 is 29.3 Å². The van der Waals surface area contributed by atoms with E-state index < -0.39 is 18.0 Å². The Morgan fingerprint density at radius 3 is 2.55 bits per heavy atom. The van der Waals surface area contributed by atoms with Gasteiger partial charge in [-0.3, -0.25) is 0 Å². The maximum Gasteiger partial charge on any atom is 0.326 e. The monoisotopic (exact) mass is 298 g/mol. The molecule has 1 rings (SSSR count). The summed E-state index contributed by atoms with van der Waals surface area (Å²) in [5.74, 6) is -1.21. The molecule has 1 aromatic rings. The molecule has 6 heteroatoms. The molecule has 0 aromatic heterocycles. The summed E-state index contributed by atoms with van der Waals surface area (Å²) >= 11 is 6.00. The predicted octanol–water partition coefficient (Wildman–Crippen LogP) is 3.27. The fourth-order valence-corrected chi connectivity index (χ4v) is 2.03.